The monoisotopic (exact) mass is 429 g/mol. The first kappa shape index (κ1) is 22.1. The number of likely N-dealkylation sites (N-methyl/N-ethyl adjacent to an activating group) is 1. The van der Waals surface area contributed by atoms with Gasteiger partial charge in [0.1, 0.15) is 11.4 Å². The van der Waals surface area contributed by atoms with E-state index in [1.54, 1.807) is 0 Å². The van der Waals surface area contributed by atoms with E-state index >= 15 is 0 Å². The molecule has 1 fully saturated rings. The van der Waals surface area contributed by atoms with Gasteiger partial charge >= 0.3 is 0 Å². The summed E-state index contributed by atoms with van der Waals surface area (Å²) in [6, 6.07) is 12.4. The molecule has 2 aromatic heterocycles. The zero-order valence-electron chi connectivity index (χ0n) is 18.9. The Labute approximate surface area is 190 Å². The molecule has 6 nitrogen and oxygen atoms in total. The molecule has 3 heterocycles. The molecule has 1 aliphatic heterocycles. The number of nitrogens with zero attached hydrogens (tertiary/aromatic N) is 4. The molecule has 0 saturated carbocycles. The van der Waals surface area contributed by atoms with Crippen LogP contribution in [0.4, 0.5) is 0 Å². The Morgan fingerprint density at radius 2 is 1.84 bits per heavy atom. The Kier molecular flexibility index (Phi) is 6.90. The number of amides is 1. The quantitative estimate of drug-likeness (QED) is 0.590. The summed E-state index contributed by atoms with van der Waals surface area (Å²) in [7, 11) is 0. The van der Waals surface area contributed by atoms with Crippen molar-refractivity contribution in [3.63, 3.8) is 0 Å². The highest BCUT2D eigenvalue weighted by molar-refractivity contribution is 5.87. The number of likely N-dealkylation sites (tertiary alicyclic amines) is 1. The van der Waals surface area contributed by atoms with E-state index in [0.717, 1.165) is 48.3 Å². The Bertz CT molecular complexity index is 1040. The third-order valence-corrected chi connectivity index (χ3v) is 6.32. The first-order chi connectivity index (χ1) is 15.7. The van der Waals surface area contributed by atoms with Crippen molar-refractivity contribution in [1.82, 2.24) is 25.2 Å². The lowest BCUT2D eigenvalue weighted by Crippen LogP contribution is -2.56. The van der Waals surface area contributed by atoms with Gasteiger partial charge in [-0.25, -0.2) is 9.97 Å². The third kappa shape index (κ3) is 4.55. The van der Waals surface area contributed by atoms with E-state index < -0.39 is 5.54 Å². The lowest BCUT2D eigenvalue weighted by atomic mass is 9.84. The lowest BCUT2D eigenvalue weighted by Gasteiger charge is -2.38. The molecule has 6 heteroatoms. The first-order valence-electron chi connectivity index (χ1n) is 11.5. The number of aryl methyl sites for hydroxylation is 1. The molecule has 166 valence electrons. The van der Waals surface area contributed by atoms with Gasteiger partial charge in [-0.05, 0) is 55.1 Å². The minimum Gasteiger partial charge on any atom is -0.355 e. The van der Waals surface area contributed by atoms with Gasteiger partial charge in [0.05, 0.1) is 0 Å². The van der Waals surface area contributed by atoms with Crippen LogP contribution in [0.3, 0.4) is 0 Å². The average molecular weight is 430 g/mol. The van der Waals surface area contributed by atoms with Crippen molar-refractivity contribution in [2.45, 2.75) is 51.6 Å². The summed E-state index contributed by atoms with van der Waals surface area (Å²) in [5.74, 6) is 0.949. The van der Waals surface area contributed by atoms with E-state index in [0.29, 0.717) is 19.5 Å². The van der Waals surface area contributed by atoms with Gasteiger partial charge in [0.2, 0.25) is 5.91 Å². The molecular weight excluding hydrogens is 398 g/mol. The standard InChI is InChI=1S/C26H31N5O/c1-3-24-29-17-20(18-30-24)19-31-15-7-12-26(31,25(32)28-4-2)16-22-8-5-6-9-23(22)21-10-13-27-14-11-21/h5-6,8-11,13-14,17-18H,3-4,7,12,15-16,19H2,1-2H3,(H,28,32). The first-order valence-corrected chi connectivity index (χ1v) is 11.5. The maximum atomic E-state index is 13.5. The van der Waals surface area contributed by atoms with Gasteiger partial charge in [0.25, 0.3) is 0 Å². The molecule has 1 aliphatic rings. The number of carbonyl (C=O) groups excluding carboxylic acids is 1. The van der Waals surface area contributed by atoms with Gasteiger partial charge in [-0.1, -0.05) is 31.2 Å². The largest absolute Gasteiger partial charge is 0.355 e. The summed E-state index contributed by atoms with van der Waals surface area (Å²) in [4.78, 5) is 28.9. The highest BCUT2D eigenvalue weighted by atomic mass is 16.2. The van der Waals surface area contributed by atoms with Crippen LogP contribution in [-0.4, -0.2) is 44.4 Å². The fourth-order valence-electron chi connectivity index (χ4n) is 4.70. The number of hydrogen-bond donors (Lipinski definition) is 1. The molecule has 1 N–H and O–H groups in total. The third-order valence-electron chi connectivity index (χ3n) is 6.32. The second-order valence-corrected chi connectivity index (χ2v) is 8.35. The van der Waals surface area contributed by atoms with Gasteiger partial charge in [0.15, 0.2) is 0 Å². The maximum Gasteiger partial charge on any atom is 0.240 e. The van der Waals surface area contributed by atoms with E-state index in [1.165, 1.54) is 5.56 Å². The fraction of sp³-hybridized carbons (Fsp3) is 0.385. The Morgan fingerprint density at radius 1 is 1.09 bits per heavy atom. The molecule has 32 heavy (non-hydrogen) atoms. The van der Waals surface area contributed by atoms with E-state index in [9.17, 15) is 4.79 Å². The van der Waals surface area contributed by atoms with Crippen LogP contribution in [0.5, 0.6) is 0 Å². The molecule has 0 spiro atoms. The second kappa shape index (κ2) is 10.0. The van der Waals surface area contributed by atoms with Gasteiger partial charge < -0.3 is 5.32 Å². The van der Waals surface area contributed by atoms with Crippen molar-refractivity contribution in [3.8, 4) is 11.1 Å². The SMILES string of the molecule is CCNC(=O)C1(Cc2ccccc2-c2ccncc2)CCCN1Cc1cnc(CC)nc1. The number of benzene rings is 1. The van der Waals surface area contributed by atoms with E-state index in [4.69, 9.17) is 0 Å². The van der Waals surface area contributed by atoms with Crippen molar-refractivity contribution < 1.29 is 4.79 Å². The Balaban J connectivity index is 1.68. The van der Waals surface area contributed by atoms with Crippen LogP contribution in [0.25, 0.3) is 11.1 Å². The fourth-order valence-corrected chi connectivity index (χ4v) is 4.70. The minimum atomic E-state index is -0.595. The molecule has 1 aromatic carbocycles. The van der Waals surface area contributed by atoms with E-state index in [2.05, 4.69) is 56.4 Å². The number of pyridine rings is 1. The number of rotatable bonds is 8. The predicted octanol–water partition coefficient (Wildman–Crippen LogP) is 3.81. The van der Waals surface area contributed by atoms with E-state index in [1.807, 2.05) is 43.8 Å². The molecule has 1 amide bonds. The van der Waals surface area contributed by atoms with Crippen molar-refractivity contribution >= 4 is 5.91 Å². The van der Waals surface area contributed by atoms with Crippen LogP contribution < -0.4 is 5.32 Å². The van der Waals surface area contributed by atoms with Crippen LogP contribution in [0, 0.1) is 0 Å². The summed E-state index contributed by atoms with van der Waals surface area (Å²) in [6.07, 6.45) is 10.7. The highest BCUT2D eigenvalue weighted by Crippen LogP contribution is 2.37. The Hall–Kier alpha value is -3.12. The van der Waals surface area contributed by atoms with E-state index in [-0.39, 0.29) is 5.91 Å². The van der Waals surface area contributed by atoms with Gasteiger partial charge in [-0.2, -0.15) is 0 Å². The second-order valence-electron chi connectivity index (χ2n) is 8.35. The molecule has 3 aromatic rings. The topological polar surface area (TPSA) is 71.0 Å². The Morgan fingerprint density at radius 3 is 2.56 bits per heavy atom. The molecule has 0 aliphatic carbocycles. The highest BCUT2D eigenvalue weighted by Gasteiger charge is 2.47. The molecule has 1 atom stereocenters. The zero-order chi connectivity index (χ0) is 22.4. The summed E-state index contributed by atoms with van der Waals surface area (Å²) >= 11 is 0. The molecular formula is C26H31N5O. The number of carbonyl (C=O) groups is 1. The average Bonchev–Trinajstić information content (AvgIpc) is 3.23. The number of nitrogens with one attached hydrogen (secondary N) is 1. The lowest BCUT2D eigenvalue weighted by molar-refractivity contribution is -0.132. The maximum absolute atomic E-state index is 13.5. The summed E-state index contributed by atoms with van der Waals surface area (Å²) in [5, 5.41) is 3.12. The zero-order valence-corrected chi connectivity index (χ0v) is 18.9. The van der Waals surface area contributed by atoms with Crippen LogP contribution in [0.2, 0.25) is 0 Å². The molecule has 0 radical (unpaired) electrons. The smallest absolute Gasteiger partial charge is 0.240 e. The summed E-state index contributed by atoms with van der Waals surface area (Å²) in [5.41, 5.74) is 3.90. The van der Waals surface area contributed by atoms with Crippen molar-refractivity contribution in [2.24, 2.45) is 0 Å². The number of aromatic nitrogens is 3. The van der Waals surface area contributed by atoms with Gasteiger partial charge in [-0.15, -0.1) is 0 Å². The van der Waals surface area contributed by atoms with Crippen LogP contribution in [0.15, 0.2) is 61.2 Å². The summed E-state index contributed by atoms with van der Waals surface area (Å²) in [6.45, 7) is 6.19. The molecule has 1 unspecified atom stereocenters. The van der Waals surface area contributed by atoms with Crippen LogP contribution in [-0.2, 0) is 24.2 Å². The van der Waals surface area contributed by atoms with Crippen LogP contribution >= 0.6 is 0 Å². The summed E-state index contributed by atoms with van der Waals surface area (Å²) < 4.78 is 0. The number of hydrogen-bond acceptors (Lipinski definition) is 5. The van der Waals surface area contributed by atoms with Gasteiger partial charge in [0, 0.05) is 56.3 Å². The normalized spacial score (nSPS) is 18.6. The van der Waals surface area contributed by atoms with Gasteiger partial charge in [-0.3, -0.25) is 14.7 Å². The molecule has 4 rings (SSSR count). The minimum absolute atomic E-state index is 0.105. The van der Waals surface area contributed by atoms with Crippen molar-refractivity contribution in [2.75, 3.05) is 13.1 Å². The van der Waals surface area contributed by atoms with Crippen molar-refractivity contribution in [3.05, 3.63) is 78.1 Å². The molecule has 1 saturated heterocycles. The van der Waals surface area contributed by atoms with Crippen LogP contribution in [0.1, 0.15) is 43.6 Å². The van der Waals surface area contributed by atoms with Crippen molar-refractivity contribution in [1.29, 1.82) is 0 Å². The molecule has 0 bridgehead atoms. The predicted molar refractivity (Wildman–Crippen MR) is 126 cm³/mol.